The SMILES string of the molecule is Cc1cccc(OC(=O)c2c3ccccc3[n+](CC(=O)O)c3ccccc23)c1. The van der Waals surface area contributed by atoms with Crippen LogP contribution in [0, 0.1) is 6.92 Å². The van der Waals surface area contributed by atoms with Crippen LogP contribution in [0.4, 0.5) is 0 Å². The molecule has 0 atom stereocenters. The number of aromatic nitrogens is 1. The van der Waals surface area contributed by atoms with E-state index in [1.165, 1.54) is 0 Å². The zero-order valence-corrected chi connectivity index (χ0v) is 15.3. The average Bonchev–Trinajstić information content (AvgIpc) is 2.67. The molecule has 28 heavy (non-hydrogen) atoms. The molecule has 0 aliphatic rings. The molecule has 0 saturated carbocycles. The minimum absolute atomic E-state index is 0.200. The lowest BCUT2D eigenvalue weighted by Crippen LogP contribution is -2.40. The van der Waals surface area contributed by atoms with E-state index in [1.807, 2.05) is 67.6 Å². The summed E-state index contributed by atoms with van der Waals surface area (Å²) in [5, 5.41) is 10.7. The number of ether oxygens (including phenoxy) is 1. The number of benzene rings is 3. The summed E-state index contributed by atoms with van der Waals surface area (Å²) in [4.78, 5) is 24.6. The number of para-hydroxylation sites is 2. The van der Waals surface area contributed by atoms with Crippen LogP contribution in [0.1, 0.15) is 15.9 Å². The summed E-state index contributed by atoms with van der Waals surface area (Å²) in [5.41, 5.74) is 2.75. The fourth-order valence-electron chi connectivity index (χ4n) is 3.48. The average molecular weight is 372 g/mol. The number of carboxylic acids is 1. The summed E-state index contributed by atoms with van der Waals surface area (Å²) in [5.74, 6) is -0.948. The van der Waals surface area contributed by atoms with Gasteiger partial charge in [-0.2, -0.15) is 4.57 Å². The van der Waals surface area contributed by atoms with E-state index >= 15 is 0 Å². The first-order valence-corrected chi connectivity index (χ1v) is 8.88. The largest absolute Gasteiger partial charge is 0.477 e. The Morgan fingerprint density at radius 1 is 0.893 bits per heavy atom. The van der Waals surface area contributed by atoms with Gasteiger partial charge in [-0.3, -0.25) is 0 Å². The Morgan fingerprint density at radius 2 is 1.50 bits per heavy atom. The van der Waals surface area contributed by atoms with Crippen LogP contribution in [0.15, 0.2) is 72.8 Å². The van der Waals surface area contributed by atoms with Crippen molar-refractivity contribution < 1.29 is 24.0 Å². The van der Waals surface area contributed by atoms with Crippen LogP contribution in [0.2, 0.25) is 0 Å². The van der Waals surface area contributed by atoms with E-state index < -0.39 is 11.9 Å². The van der Waals surface area contributed by atoms with E-state index in [2.05, 4.69) is 0 Å². The minimum Gasteiger partial charge on any atom is -0.477 e. The van der Waals surface area contributed by atoms with E-state index in [0.29, 0.717) is 33.1 Å². The Labute approximate surface area is 161 Å². The Bertz CT molecular complexity index is 1170. The topological polar surface area (TPSA) is 67.5 Å². The van der Waals surface area contributed by atoms with Crippen molar-refractivity contribution in [1.29, 1.82) is 0 Å². The Kier molecular flexibility index (Phi) is 4.49. The third kappa shape index (κ3) is 3.18. The van der Waals surface area contributed by atoms with Gasteiger partial charge in [0.15, 0.2) is 0 Å². The number of aliphatic carboxylic acids is 1. The van der Waals surface area contributed by atoms with Gasteiger partial charge in [-0.1, -0.05) is 36.4 Å². The molecule has 0 spiro atoms. The maximum Gasteiger partial charge on any atom is 0.370 e. The lowest BCUT2D eigenvalue weighted by molar-refractivity contribution is -0.633. The van der Waals surface area contributed by atoms with Gasteiger partial charge in [0, 0.05) is 12.1 Å². The maximum absolute atomic E-state index is 13.1. The molecule has 0 radical (unpaired) electrons. The van der Waals surface area contributed by atoms with Crippen LogP contribution >= 0.6 is 0 Å². The highest BCUT2D eigenvalue weighted by molar-refractivity contribution is 6.13. The number of hydrogen-bond acceptors (Lipinski definition) is 3. The summed E-state index contributed by atoms with van der Waals surface area (Å²) in [6.45, 7) is 1.73. The van der Waals surface area contributed by atoms with Crippen LogP contribution in [-0.4, -0.2) is 17.0 Å². The number of esters is 1. The Morgan fingerprint density at radius 3 is 2.07 bits per heavy atom. The monoisotopic (exact) mass is 372 g/mol. The molecule has 5 heteroatoms. The van der Waals surface area contributed by atoms with Crippen molar-refractivity contribution in [2.24, 2.45) is 0 Å². The van der Waals surface area contributed by atoms with Gasteiger partial charge in [-0.05, 0) is 36.8 Å². The second kappa shape index (κ2) is 7.12. The first-order chi connectivity index (χ1) is 13.5. The molecular weight excluding hydrogens is 354 g/mol. The van der Waals surface area contributed by atoms with Crippen molar-refractivity contribution >= 4 is 33.7 Å². The molecule has 5 nitrogen and oxygen atoms in total. The summed E-state index contributed by atoms with van der Waals surface area (Å²) in [7, 11) is 0. The Hall–Kier alpha value is -3.73. The quantitative estimate of drug-likeness (QED) is 0.255. The van der Waals surface area contributed by atoms with Crippen LogP contribution in [0.3, 0.4) is 0 Å². The molecule has 0 amide bonds. The molecule has 0 bridgehead atoms. The number of carbonyl (C=O) groups is 2. The molecule has 0 fully saturated rings. The number of hydrogen-bond donors (Lipinski definition) is 1. The van der Waals surface area contributed by atoms with Crippen molar-refractivity contribution in [1.82, 2.24) is 0 Å². The normalized spacial score (nSPS) is 10.9. The lowest BCUT2D eigenvalue weighted by atomic mass is 10.0. The first kappa shape index (κ1) is 17.7. The standard InChI is InChI=1S/C23H17NO4/c1-15-7-6-8-16(13-15)28-23(27)22-17-9-2-4-11-19(17)24(14-21(25)26)20-12-5-3-10-18(20)22/h2-13H,14H2,1H3/p+1. The molecule has 1 heterocycles. The number of carbonyl (C=O) groups excluding carboxylic acids is 1. The number of rotatable bonds is 4. The molecule has 0 unspecified atom stereocenters. The second-order valence-electron chi connectivity index (χ2n) is 6.60. The van der Waals surface area contributed by atoms with Crippen LogP contribution in [0.25, 0.3) is 21.8 Å². The molecule has 3 aromatic carbocycles. The summed E-state index contributed by atoms with van der Waals surface area (Å²) in [6, 6.07) is 21.9. The van der Waals surface area contributed by atoms with Crippen molar-refractivity contribution in [2.45, 2.75) is 13.5 Å². The lowest BCUT2D eigenvalue weighted by Gasteiger charge is -2.11. The number of pyridine rings is 1. The number of nitrogens with zero attached hydrogens (tertiary/aromatic N) is 1. The van der Waals surface area contributed by atoms with Gasteiger partial charge < -0.3 is 9.84 Å². The van der Waals surface area contributed by atoms with Gasteiger partial charge in [0.2, 0.25) is 17.6 Å². The highest BCUT2D eigenvalue weighted by Gasteiger charge is 2.26. The predicted molar refractivity (Wildman–Crippen MR) is 105 cm³/mol. The molecule has 4 aromatic rings. The highest BCUT2D eigenvalue weighted by Crippen LogP contribution is 2.26. The molecule has 0 aliphatic carbocycles. The van der Waals surface area contributed by atoms with Gasteiger partial charge >= 0.3 is 11.9 Å². The number of carboxylic acid groups (broad SMARTS) is 1. The van der Waals surface area contributed by atoms with Crippen LogP contribution < -0.4 is 9.30 Å². The van der Waals surface area contributed by atoms with Crippen molar-refractivity contribution in [3.8, 4) is 5.75 Å². The van der Waals surface area contributed by atoms with Crippen LogP contribution in [-0.2, 0) is 11.3 Å². The smallest absolute Gasteiger partial charge is 0.370 e. The zero-order chi connectivity index (χ0) is 19.7. The maximum atomic E-state index is 13.1. The first-order valence-electron chi connectivity index (χ1n) is 8.88. The van der Waals surface area contributed by atoms with E-state index in [9.17, 15) is 14.7 Å². The third-order valence-corrected chi connectivity index (χ3v) is 4.63. The van der Waals surface area contributed by atoms with Crippen LogP contribution in [0.5, 0.6) is 5.75 Å². The van der Waals surface area contributed by atoms with Crippen molar-refractivity contribution in [2.75, 3.05) is 0 Å². The fourth-order valence-corrected chi connectivity index (χ4v) is 3.48. The Balaban J connectivity index is 1.97. The molecule has 1 aromatic heterocycles. The van der Waals surface area contributed by atoms with E-state index in [0.717, 1.165) is 5.56 Å². The predicted octanol–water partition coefficient (Wildman–Crippen LogP) is 3.89. The third-order valence-electron chi connectivity index (χ3n) is 4.63. The molecular formula is C23H18NO4+. The summed E-state index contributed by atoms with van der Waals surface area (Å²) < 4.78 is 7.36. The summed E-state index contributed by atoms with van der Waals surface area (Å²) in [6.07, 6.45) is 0. The fraction of sp³-hybridized carbons (Fsp3) is 0.0870. The number of fused-ring (bicyclic) bond motifs is 2. The van der Waals surface area contributed by atoms with Gasteiger partial charge in [0.25, 0.3) is 0 Å². The van der Waals surface area contributed by atoms with Crippen molar-refractivity contribution in [3.63, 3.8) is 0 Å². The van der Waals surface area contributed by atoms with Crippen molar-refractivity contribution in [3.05, 3.63) is 83.9 Å². The van der Waals surface area contributed by atoms with Gasteiger partial charge in [-0.15, -0.1) is 0 Å². The van der Waals surface area contributed by atoms with E-state index in [4.69, 9.17) is 4.74 Å². The minimum atomic E-state index is -0.949. The van der Waals surface area contributed by atoms with E-state index in [-0.39, 0.29) is 6.54 Å². The van der Waals surface area contributed by atoms with Gasteiger partial charge in [0.05, 0.1) is 16.3 Å². The molecule has 4 rings (SSSR count). The number of aryl methyl sites for hydroxylation is 1. The van der Waals surface area contributed by atoms with E-state index in [1.54, 1.807) is 16.7 Å². The zero-order valence-electron chi connectivity index (χ0n) is 15.3. The summed E-state index contributed by atoms with van der Waals surface area (Å²) >= 11 is 0. The molecule has 0 aliphatic heterocycles. The molecule has 1 N–H and O–H groups in total. The second-order valence-corrected chi connectivity index (χ2v) is 6.60. The molecule has 0 saturated heterocycles. The van der Waals surface area contributed by atoms with Gasteiger partial charge in [-0.25, -0.2) is 9.59 Å². The molecule has 138 valence electrons. The van der Waals surface area contributed by atoms with Gasteiger partial charge in [0.1, 0.15) is 5.75 Å². The highest BCUT2D eigenvalue weighted by atomic mass is 16.5.